The van der Waals surface area contributed by atoms with Gasteiger partial charge in [0.05, 0.1) is 6.04 Å². The molecule has 1 unspecified atom stereocenters. The predicted molar refractivity (Wildman–Crippen MR) is 84.8 cm³/mol. The standard InChI is InChI=1S/C16H16BrN3O/c17-14-5-1-4-13-12(14)6-7-15(13)20-16(21)19-10-11-3-2-8-18-9-11/h1-5,8-9,15H,6-7,10H2,(H2,19,20,21). The summed E-state index contributed by atoms with van der Waals surface area (Å²) in [5, 5.41) is 5.91. The van der Waals surface area contributed by atoms with E-state index in [2.05, 4.69) is 37.6 Å². The number of urea groups is 1. The summed E-state index contributed by atoms with van der Waals surface area (Å²) in [7, 11) is 0. The molecule has 1 aliphatic rings. The fourth-order valence-corrected chi connectivity index (χ4v) is 3.23. The molecule has 0 radical (unpaired) electrons. The van der Waals surface area contributed by atoms with Gasteiger partial charge in [-0.3, -0.25) is 4.98 Å². The lowest BCUT2D eigenvalue weighted by Crippen LogP contribution is -2.36. The molecule has 0 aliphatic heterocycles. The van der Waals surface area contributed by atoms with Crippen LogP contribution in [0.3, 0.4) is 0 Å². The van der Waals surface area contributed by atoms with Crippen molar-refractivity contribution < 1.29 is 4.79 Å². The lowest BCUT2D eigenvalue weighted by Gasteiger charge is -2.15. The van der Waals surface area contributed by atoms with Crippen LogP contribution in [-0.4, -0.2) is 11.0 Å². The molecule has 4 nitrogen and oxygen atoms in total. The third kappa shape index (κ3) is 3.24. The topological polar surface area (TPSA) is 54.0 Å². The molecule has 0 saturated heterocycles. The second-order valence-electron chi connectivity index (χ2n) is 5.09. The highest BCUT2D eigenvalue weighted by Crippen LogP contribution is 2.35. The largest absolute Gasteiger partial charge is 0.334 e. The predicted octanol–water partition coefficient (Wildman–Crippen LogP) is 3.33. The van der Waals surface area contributed by atoms with Crippen LogP contribution in [-0.2, 0) is 13.0 Å². The molecule has 3 rings (SSSR count). The Balaban J connectivity index is 1.59. The molecule has 2 amide bonds. The molecule has 2 N–H and O–H groups in total. The Labute approximate surface area is 132 Å². The molecule has 0 spiro atoms. The fourth-order valence-electron chi connectivity index (χ4n) is 2.65. The van der Waals surface area contributed by atoms with Gasteiger partial charge in [0.1, 0.15) is 0 Å². The molecule has 5 heteroatoms. The van der Waals surface area contributed by atoms with Crippen LogP contribution in [0.5, 0.6) is 0 Å². The molecule has 1 aliphatic carbocycles. The van der Waals surface area contributed by atoms with Crippen molar-refractivity contribution in [2.24, 2.45) is 0 Å². The van der Waals surface area contributed by atoms with Crippen molar-refractivity contribution in [2.75, 3.05) is 0 Å². The first kappa shape index (κ1) is 14.1. The van der Waals surface area contributed by atoms with Crippen LogP contribution in [0, 0.1) is 0 Å². The Bertz CT molecular complexity index is 645. The minimum atomic E-state index is -0.142. The van der Waals surface area contributed by atoms with Crippen molar-refractivity contribution in [1.82, 2.24) is 15.6 Å². The Morgan fingerprint density at radius 1 is 1.33 bits per heavy atom. The summed E-state index contributed by atoms with van der Waals surface area (Å²) >= 11 is 3.57. The number of hydrogen-bond acceptors (Lipinski definition) is 2. The molecule has 0 saturated carbocycles. The van der Waals surface area contributed by atoms with E-state index < -0.39 is 0 Å². The molecule has 1 atom stereocenters. The quantitative estimate of drug-likeness (QED) is 0.896. The first-order valence-electron chi connectivity index (χ1n) is 6.94. The van der Waals surface area contributed by atoms with E-state index in [0.29, 0.717) is 6.54 Å². The smallest absolute Gasteiger partial charge is 0.315 e. The SMILES string of the molecule is O=C(NCc1cccnc1)NC1CCc2c(Br)cccc21. The van der Waals surface area contributed by atoms with E-state index in [0.717, 1.165) is 22.9 Å². The van der Waals surface area contributed by atoms with Gasteiger partial charge < -0.3 is 10.6 Å². The third-order valence-electron chi connectivity index (χ3n) is 3.69. The average Bonchev–Trinajstić information content (AvgIpc) is 2.91. The van der Waals surface area contributed by atoms with Gasteiger partial charge in [0.25, 0.3) is 0 Å². The van der Waals surface area contributed by atoms with Gasteiger partial charge in [-0.05, 0) is 41.7 Å². The van der Waals surface area contributed by atoms with Crippen molar-refractivity contribution in [3.05, 3.63) is 63.9 Å². The van der Waals surface area contributed by atoms with E-state index in [1.807, 2.05) is 24.3 Å². The number of carbonyl (C=O) groups is 1. The molecule has 0 bridgehead atoms. The van der Waals surface area contributed by atoms with Gasteiger partial charge in [-0.2, -0.15) is 0 Å². The summed E-state index contributed by atoms with van der Waals surface area (Å²) < 4.78 is 1.13. The van der Waals surface area contributed by atoms with Crippen LogP contribution in [0.4, 0.5) is 4.79 Å². The van der Waals surface area contributed by atoms with Crippen molar-refractivity contribution in [3.8, 4) is 0 Å². The summed E-state index contributed by atoms with van der Waals surface area (Å²) in [6, 6.07) is 9.89. The molecule has 2 aromatic rings. The maximum absolute atomic E-state index is 12.0. The van der Waals surface area contributed by atoms with Crippen LogP contribution >= 0.6 is 15.9 Å². The van der Waals surface area contributed by atoms with Gasteiger partial charge in [-0.1, -0.05) is 34.1 Å². The Kier molecular flexibility index (Phi) is 4.20. The highest BCUT2D eigenvalue weighted by atomic mass is 79.9. The minimum Gasteiger partial charge on any atom is -0.334 e. The van der Waals surface area contributed by atoms with E-state index in [1.165, 1.54) is 11.1 Å². The molecule has 108 valence electrons. The number of halogens is 1. The van der Waals surface area contributed by atoms with Gasteiger partial charge in [-0.15, -0.1) is 0 Å². The molecule has 0 fully saturated rings. The number of aromatic nitrogens is 1. The van der Waals surface area contributed by atoms with Crippen molar-refractivity contribution in [1.29, 1.82) is 0 Å². The van der Waals surface area contributed by atoms with Gasteiger partial charge in [-0.25, -0.2) is 4.79 Å². The van der Waals surface area contributed by atoms with Gasteiger partial charge in [0.2, 0.25) is 0 Å². The summed E-state index contributed by atoms with van der Waals surface area (Å²) in [6.07, 6.45) is 5.40. The number of amides is 2. The highest BCUT2D eigenvalue weighted by molar-refractivity contribution is 9.10. The molecule has 21 heavy (non-hydrogen) atoms. The minimum absolute atomic E-state index is 0.0893. The van der Waals surface area contributed by atoms with E-state index in [-0.39, 0.29) is 12.1 Å². The van der Waals surface area contributed by atoms with Crippen molar-refractivity contribution >= 4 is 22.0 Å². The Morgan fingerprint density at radius 3 is 3.05 bits per heavy atom. The number of nitrogens with one attached hydrogen (secondary N) is 2. The second-order valence-corrected chi connectivity index (χ2v) is 5.94. The number of carbonyl (C=O) groups excluding carboxylic acids is 1. The third-order valence-corrected chi connectivity index (χ3v) is 4.44. The number of hydrogen-bond donors (Lipinski definition) is 2. The van der Waals surface area contributed by atoms with Gasteiger partial charge in [0.15, 0.2) is 0 Å². The van der Waals surface area contributed by atoms with Crippen molar-refractivity contribution in [2.45, 2.75) is 25.4 Å². The molecule has 1 aromatic carbocycles. The lowest BCUT2D eigenvalue weighted by molar-refractivity contribution is 0.236. The fraction of sp³-hybridized carbons (Fsp3) is 0.250. The van der Waals surface area contributed by atoms with Crippen molar-refractivity contribution in [3.63, 3.8) is 0 Å². The number of benzene rings is 1. The normalized spacial score (nSPS) is 16.3. The number of fused-ring (bicyclic) bond motifs is 1. The summed E-state index contributed by atoms with van der Waals surface area (Å²) in [5.41, 5.74) is 3.50. The number of pyridine rings is 1. The maximum Gasteiger partial charge on any atom is 0.315 e. The van der Waals surface area contributed by atoms with E-state index in [4.69, 9.17) is 0 Å². The first-order chi connectivity index (χ1) is 10.2. The molecular formula is C16H16BrN3O. The van der Waals surface area contributed by atoms with Crippen LogP contribution in [0.25, 0.3) is 0 Å². The van der Waals surface area contributed by atoms with Crippen LogP contribution in [0.15, 0.2) is 47.2 Å². The second kappa shape index (κ2) is 6.26. The van der Waals surface area contributed by atoms with E-state index in [9.17, 15) is 4.79 Å². The highest BCUT2D eigenvalue weighted by Gasteiger charge is 2.25. The Morgan fingerprint density at radius 2 is 2.24 bits per heavy atom. The number of nitrogens with zero attached hydrogens (tertiary/aromatic N) is 1. The van der Waals surface area contributed by atoms with Gasteiger partial charge in [0, 0.05) is 23.4 Å². The monoisotopic (exact) mass is 345 g/mol. The van der Waals surface area contributed by atoms with Crippen LogP contribution in [0.1, 0.15) is 29.2 Å². The van der Waals surface area contributed by atoms with E-state index in [1.54, 1.807) is 12.4 Å². The molecular weight excluding hydrogens is 330 g/mol. The first-order valence-corrected chi connectivity index (χ1v) is 7.74. The zero-order valence-electron chi connectivity index (χ0n) is 11.5. The molecule has 1 aromatic heterocycles. The Hall–Kier alpha value is -1.88. The zero-order chi connectivity index (χ0) is 14.7. The lowest BCUT2D eigenvalue weighted by atomic mass is 10.1. The maximum atomic E-state index is 12.0. The average molecular weight is 346 g/mol. The summed E-state index contributed by atoms with van der Waals surface area (Å²) in [5.74, 6) is 0. The zero-order valence-corrected chi connectivity index (χ0v) is 13.1. The van der Waals surface area contributed by atoms with Crippen LogP contribution < -0.4 is 10.6 Å². The van der Waals surface area contributed by atoms with Crippen LogP contribution in [0.2, 0.25) is 0 Å². The van der Waals surface area contributed by atoms with Gasteiger partial charge >= 0.3 is 6.03 Å². The van der Waals surface area contributed by atoms with E-state index >= 15 is 0 Å². The molecule has 1 heterocycles. The summed E-state index contributed by atoms with van der Waals surface area (Å²) in [4.78, 5) is 16.0. The number of rotatable bonds is 3. The summed E-state index contributed by atoms with van der Waals surface area (Å²) in [6.45, 7) is 0.484.